The van der Waals surface area contributed by atoms with Gasteiger partial charge in [-0.2, -0.15) is 0 Å². The number of hydrogen-bond acceptors (Lipinski definition) is 5. The van der Waals surface area contributed by atoms with Crippen molar-refractivity contribution >= 4 is 19.9 Å². The molecule has 0 aliphatic rings. The van der Waals surface area contributed by atoms with Crippen LogP contribution in [-0.4, -0.2) is 41.4 Å². The zero-order chi connectivity index (χ0) is 12.6. The standard InChI is InChI=1S/C8H14NO6P/c1-2-15-8(13)9-6(7(11)12)3-4-16(14)5-10/h3,10,16H,2,4-5H2,1H3,(H,9,13)(H,11,12). The van der Waals surface area contributed by atoms with E-state index < -0.39 is 31.9 Å². The Hall–Kier alpha value is -1.33. The van der Waals surface area contributed by atoms with E-state index in [1.165, 1.54) is 0 Å². The molecule has 16 heavy (non-hydrogen) atoms. The van der Waals surface area contributed by atoms with Gasteiger partial charge in [-0.05, 0) is 13.0 Å². The van der Waals surface area contributed by atoms with Crippen molar-refractivity contribution in [3.8, 4) is 0 Å². The molecular weight excluding hydrogens is 237 g/mol. The molecule has 92 valence electrons. The molecule has 0 fully saturated rings. The normalized spacial score (nSPS) is 13.0. The molecule has 0 aliphatic heterocycles. The predicted molar refractivity (Wildman–Crippen MR) is 56.8 cm³/mol. The Morgan fingerprint density at radius 2 is 2.12 bits per heavy atom. The molecule has 0 bridgehead atoms. The highest BCUT2D eigenvalue weighted by atomic mass is 31.1. The fraction of sp³-hybridized carbons (Fsp3) is 0.500. The Kier molecular flexibility index (Phi) is 7.24. The van der Waals surface area contributed by atoms with Crippen LogP contribution >= 0.6 is 7.80 Å². The molecule has 0 aromatic carbocycles. The third-order valence-corrected chi connectivity index (χ3v) is 2.46. The van der Waals surface area contributed by atoms with Gasteiger partial charge >= 0.3 is 12.1 Å². The van der Waals surface area contributed by atoms with Gasteiger partial charge in [0.05, 0.1) is 13.0 Å². The van der Waals surface area contributed by atoms with E-state index in [-0.39, 0.29) is 12.8 Å². The third-order valence-electron chi connectivity index (χ3n) is 1.45. The molecule has 0 aromatic heterocycles. The van der Waals surface area contributed by atoms with E-state index in [0.717, 1.165) is 6.08 Å². The Labute approximate surface area is 92.9 Å². The second-order valence-corrected chi connectivity index (χ2v) is 4.47. The first kappa shape index (κ1) is 14.7. The zero-order valence-electron chi connectivity index (χ0n) is 8.73. The number of nitrogens with one attached hydrogen (secondary N) is 1. The van der Waals surface area contributed by atoms with Gasteiger partial charge in [0.25, 0.3) is 0 Å². The lowest BCUT2D eigenvalue weighted by molar-refractivity contribution is -0.133. The first-order valence-corrected chi connectivity index (χ1v) is 6.33. The number of hydrogen-bond donors (Lipinski definition) is 3. The summed E-state index contributed by atoms with van der Waals surface area (Å²) in [5, 5.41) is 19.2. The maximum Gasteiger partial charge on any atom is 0.411 e. The molecule has 3 N–H and O–H groups in total. The summed E-state index contributed by atoms with van der Waals surface area (Å²) >= 11 is 0. The summed E-state index contributed by atoms with van der Waals surface area (Å²) in [7, 11) is -2.23. The van der Waals surface area contributed by atoms with Gasteiger partial charge in [-0.15, -0.1) is 0 Å². The largest absolute Gasteiger partial charge is 0.477 e. The molecule has 7 nitrogen and oxygen atoms in total. The fourth-order valence-corrected chi connectivity index (χ4v) is 1.31. The minimum Gasteiger partial charge on any atom is -0.477 e. The number of amides is 1. The average Bonchev–Trinajstić information content (AvgIpc) is 2.23. The number of carbonyl (C=O) groups excluding carboxylic acids is 1. The molecule has 0 aliphatic carbocycles. The summed E-state index contributed by atoms with van der Waals surface area (Å²) in [6, 6.07) is 0. The minimum absolute atomic E-state index is 0.0881. The van der Waals surface area contributed by atoms with Gasteiger partial charge in [0, 0.05) is 6.16 Å². The fourth-order valence-electron chi connectivity index (χ4n) is 0.749. The first-order valence-electron chi connectivity index (χ1n) is 4.51. The summed E-state index contributed by atoms with van der Waals surface area (Å²) in [5.74, 6) is -1.36. The number of ether oxygens (including phenoxy) is 1. The van der Waals surface area contributed by atoms with Crippen LogP contribution in [-0.2, 0) is 14.1 Å². The number of aliphatic hydroxyl groups is 1. The smallest absolute Gasteiger partial charge is 0.411 e. The molecule has 8 heteroatoms. The van der Waals surface area contributed by atoms with Crippen molar-refractivity contribution in [2.75, 3.05) is 19.1 Å². The average molecular weight is 251 g/mol. The van der Waals surface area contributed by atoms with E-state index in [0.29, 0.717) is 0 Å². The van der Waals surface area contributed by atoms with Gasteiger partial charge in [0.2, 0.25) is 0 Å². The maximum atomic E-state index is 10.9. The van der Waals surface area contributed by atoms with E-state index in [1.807, 2.05) is 5.32 Å². The Balaban J connectivity index is 4.43. The monoisotopic (exact) mass is 251 g/mol. The van der Waals surface area contributed by atoms with Crippen molar-refractivity contribution in [3.05, 3.63) is 11.8 Å². The van der Waals surface area contributed by atoms with Crippen molar-refractivity contribution in [2.24, 2.45) is 0 Å². The lowest BCUT2D eigenvalue weighted by Gasteiger charge is -2.05. The van der Waals surface area contributed by atoms with E-state index in [1.54, 1.807) is 6.92 Å². The Bertz CT molecular complexity index is 314. The number of carboxylic acid groups (broad SMARTS) is 1. The maximum absolute atomic E-state index is 10.9. The van der Waals surface area contributed by atoms with Gasteiger partial charge < -0.3 is 19.5 Å². The van der Waals surface area contributed by atoms with Crippen molar-refractivity contribution in [2.45, 2.75) is 6.92 Å². The minimum atomic E-state index is -2.23. The predicted octanol–water partition coefficient (Wildman–Crippen LogP) is 0.210. The molecule has 0 saturated heterocycles. The lowest BCUT2D eigenvalue weighted by atomic mass is 10.4. The quantitative estimate of drug-likeness (QED) is 0.459. The van der Waals surface area contributed by atoms with Crippen molar-refractivity contribution in [1.82, 2.24) is 5.32 Å². The second-order valence-electron chi connectivity index (χ2n) is 2.67. The van der Waals surface area contributed by atoms with Gasteiger partial charge in [0.1, 0.15) is 13.5 Å². The van der Waals surface area contributed by atoms with Gasteiger partial charge in [0.15, 0.2) is 0 Å². The lowest BCUT2D eigenvalue weighted by Crippen LogP contribution is -2.28. The number of allylic oxidation sites excluding steroid dienone is 1. The van der Waals surface area contributed by atoms with Crippen LogP contribution in [0.15, 0.2) is 11.8 Å². The highest BCUT2D eigenvalue weighted by Gasteiger charge is 2.11. The third kappa shape index (κ3) is 6.21. The number of aliphatic carboxylic acids is 1. The van der Waals surface area contributed by atoms with Crippen LogP contribution in [0.4, 0.5) is 4.79 Å². The number of alkyl carbamates (subject to hydrolysis) is 1. The molecule has 0 spiro atoms. The summed E-state index contributed by atoms with van der Waals surface area (Å²) in [6.45, 7) is 1.69. The number of aliphatic hydroxyl groups excluding tert-OH is 1. The van der Waals surface area contributed by atoms with Crippen LogP contribution in [0, 0.1) is 0 Å². The number of rotatable bonds is 6. The zero-order valence-corrected chi connectivity index (χ0v) is 9.73. The summed E-state index contributed by atoms with van der Waals surface area (Å²) in [6.07, 6.45) is -0.390. The van der Waals surface area contributed by atoms with Crippen LogP contribution in [0.5, 0.6) is 0 Å². The molecule has 0 saturated carbocycles. The molecule has 1 atom stereocenters. The van der Waals surface area contributed by atoms with Crippen molar-refractivity contribution in [3.63, 3.8) is 0 Å². The molecular formula is C8H14NO6P. The van der Waals surface area contributed by atoms with Crippen molar-refractivity contribution in [1.29, 1.82) is 0 Å². The number of carboxylic acids is 1. The van der Waals surface area contributed by atoms with E-state index >= 15 is 0 Å². The van der Waals surface area contributed by atoms with Crippen LogP contribution in [0.3, 0.4) is 0 Å². The van der Waals surface area contributed by atoms with Crippen LogP contribution in [0.1, 0.15) is 6.92 Å². The first-order chi connectivity index (χ1) is 7.51. The SMILES string of the molecule is CCOC(=O)NC(=CC[PH](=O)CO)C(=O)O. The van der Waals surface area contributed by atoms with E-state index in [4.69, 9.17) is 10.2 Å². The van der Waals surface area contributed by atoms with Gasteiger partial charge in [-0.3, -0.25) is 5.32 Å². The van der Waals surface area contributed by atoms with Crippen LogP contribution in [0.25, 0.3) is 0 Å². The molecule has 0 aromatic rings. The summed E-state index contributed by atoms with van der Waals surface area (Å²) in [4.78, 5) is 21.6. The van der Waals surface area contributed by atoms with Crippen LogP contribution < -0.4 is 5.32 Å². The van der Waals surface area contributed by atoms with E-state index in [9.17, 15) is 14.2 Å². The molecule has 0 rings (SSSR count). The Morgan fingerprint density at radius 3 is 2.56 bits per heavy atom. The van der Waals surface area contributed by atoms with Gasteiger partial charge in [-0.1, -0.05) is 0 Å². The highest BCUT2D eigenvalue weighted by molar-refractivity contribution is 7.44. The number of carbonyl (C=O) groups is 2. The molecule has 0 heterocycles. The summed E-state index contributed by atoms with van der Waals surface area (Å²) < 4.78 is 15.4. The highest BCUT2D eigenvalue weighted by Crippen LogP contribution is 2.17. The molecule has 1 amide bonds. The van der Waals surface area contributed by atoms with Crippen LogP contribution in [0.2, 0.25) is 0 Å². The van der Waals surface area contributed by atoms with E-state index in [2.05, 4.69) is 4.74 Å². The molecule has 0 radical (unpaired) electrons. The second kappa shape index (κ2) is 7.90. The van der Waals surface area contributed by atoms with Crippen molar-refractivity contribution < 1.29 is 29.1 Å². The summed E-state index contributed by atoms with van der Waals surface area (Å²) in [5.41, 5.74) is -0.412. The van der Waals surface area contributed by atoms with Gasteiger partial charge in [-0.25, -0.2) is 9.59 Å². The Morgan fingerprint density at radius 1 is 1.50 bits per heavy atom. The molecule has 1 unspecified atom stereocenters. The topological polar surface area (TPSA) is 113 Å².